The molecule has 2 rings (SSSR count). The summed E-state index contributed by atoms with van der Waals surface area (Å²) in [6.45, 7) is 1.85. The van der Waals surface area contributed by atoms with E-state index in [0.717, 1.165) is 12.8 Å². The minimum atomic E-state index is -0.856. The number of hydrogen-bond acceptors (Lipinski definition) is 4. The van der Waals surface area contributed by atoms with Crippen molar-refractivity contribution in [1.29, 1.82) is 0 Å². The summed E-state index contributed by atoms with van der Waals surface area (Å²) < 4.78 is 4.94. The van der Waals surface area contributed by atoms with E-state index in [1.807, 2.05) is 25.1 Å². The molecule has 1 N–H and O–H groups in total. The fourth-order valence-corrected chi connectivity index (χ4v) is 2.58. The molecule has 1 aliphatic rings. The van der Waals surface area contributed by atoms with Crippen molar-refractivity contribution in [3.63, 3.8) is 0 Å². The predicted octanol–water partition coefficient (Wildman–Crippen LogP) is 2.00. The fourth-order valence-electron chi connectivity index (χ4n) is 2.58. The average molecular weight is 248 g/mol. The number of aromatic nitrogens is 1. The van der Waals surface area contributed by atoms with E-state index in [0.29, 0.717) is 11.7 Å². The first kappa shape index (κ1) is 13.0. The summed E-state index contributed by atoms with van der Waals surface area (Å²) in [6, 6.07) is 5.96. The average Bonchev–Trinajstić information content (AvgIpc) is 2.91. The third kappa shape index (κ3) is 2.53. The molecule has 0 bridgehead atoms. The van der Waals surface area contributed by atoms with Crippen LogP contribution in [0.25, 0.3) is 0 Å². The molecular weight excluding hydrogens is 228 g/mol. The topological polar surface area (TPSA) is 51.2 Å². The first-order chi connectivity index (χ1) is 8.66. The maximum absolute atomic E-state index is 12.1. The number of ether oxygens (including phenoxy) is 1. The van der Waals surface area contributed by atoms with Crippen LogP contribution in [0, 0.1) is 0 Å². The monoisotopic (exact) mass is 248 g/mol. The summed E-state index contributed by atoms with van der Waals surface area (Å²) in [5.74, 6) is -0.284. The number of rotatable bonds is 4. The standard InChI is InChI=1S/C14H20N2O2/c1-14(13(17)18-2,12-9-5-6-10-15-12)16-11-7-3-4-8-11/h5-6,9-11,16H,3-4,7-8H2,1-2H3. The van der Waals surface area contributed by atoms with Crippen LogP contribution in [0.4, 0.5) is 0 Å². The van der Waals surface area contributed by atoms with Crippen molar-refractivity contribution < 1.29 is 9.53 Å². The third-order valence-corrected chi connectivity index (χ3v) is 3.62. The molecule has 1 atom stereocenters. The largest absolute Gasteiger partial charge is 0.467 e. The van der Waals surface area contributed by atoms with E-state index in [-0.39, 0.29) is 5.97 Å². The molecule has 4 heteroatoms. The first-order valence-electron chi connectivity index (χ1n) is 6.44. The molecule has 0 saturated heterocycles. The molecule has 0 aromatic carbocycles. The molecule has 1 aromatic rings. The van der Waals surface area contributed by atoms with Crippen molar-refractivity contribution in [3.8, 4) is 0 Å². The highest BCUT2D eigenvalue weighted by atomic mass is 16.5. The van der Waals surface area contributed by atoms with Gasteiger partial charge in [0.05, 0.1) is 12.8 Å². The van der Waals surface area contributed by atoms with Gasteiger partial charge in [-0.15, -0.1) is 0 Å². The molecule has 1 fully saturated rings. The summed E-state index contributed by atoms with van der Waals surface area (Å²) in [5, 5.41) is 3.42. The zero-order chi connectivity index (χ0) is 13.0. The van der Waals surface area contributed by atoms with Gasteiger partial charge in [0.1, 0.15) is 0 Å². The number of carbonyl (C=O) groups excluding carboxylic acids is 1. The second-order valence-electron chi connectivity index (χ2n) is 4.96. The van der Waals surface area contributed by atoms with Crippen LogP contribution in [0.15, 0.2) is 24.4 Å². The Bertz CT molecular complexity index is 402. The number of pyridine rings is 1. The smallest absolute Gasteiger partial charge is 0.332 e. The Labute approximate surface area is 108 Å². The second kappa shape index (κ2) is 5.48. The van der Waals surface area contributed by atoms with E-state index in [4.69, 9.17) is 4.74 Å². The minimum Gasteiger partial charge on any atom is -0.467 e. The van der Waals surface area contributed by atoms with E-state index in [9.17, 15) is 4.79 Å². The highest BCUT2D eigenvalue weighted by molar-refractivity contribution is 5.81. The van der Waals surface area contributed by atoms with Crippen LogP contribution in [0.2, 0.25) is 0 Å². The molecule has 1 unspecified atom stereocenters. The van der Waals surface area contributed by atoms with Gasteiger partial charge in [-0.3, -0.25) is 10.3 Å². The van der Waals surface area contributed by atoms with Gasteiger partial charge in [0.15, 0.2) is 5.54 Å². The molecule has 1 heterocycles. The van der Waals surface area contributed by atoms with Gasteiger partial charge in [0, 0.05) is 12.2 Å². The van der Waals surface area contributed by atoms with Crippen molar-refractivity contribution in [1.82, 2.24) is 10.3 Å². The van der Waals surface area contributed by atoms with Crippen molar-refractivity contribution in [2.24, 2.45) is 0 Å². The fraction of sp³-hybridized carbons (Fsp3) is 0.571. The van der Waals surface area contributed by atoms with Crippen LogP contribution >= 0.6 is 0 Å². The minimum absolute atomic E-state index is 0.284. The number of hydrogen-bond donors (Lipinski definition) is 1. The molecule has 1 saturated carbocycles. The molecule has 98 valence electrons. The molecular formula is C14H20N2O2. The first-order valence-corrected chi connectivity index (χ1v) is 6.44. The van der Waals surface area contributed by atoms with E-state index in [1.165, 1.54) is 20.0 Å². The van der Waals surface area contributed by atoms with Gasteiger partial charge in [0.25, 0.3) is 0 Å². The number of carbonyl (C=O) groups is 1. The molecule has 1 aromatic heterocycles. The molecule has 0 radical (unpaired) electrons. The van der Waals surface area contributed by atoms with Crippen molar-refractivity contribution in [2.75, 3.05) is 7.11 Å². The summed E-state index contributed by atoms with van der Waals surface area (Å²) in [4.78, 5) is 16.4. The second-order valence-corrected chi connectivity index (χ2v) is 4.96. The van der Waals surface area contributed by atoms with Gasteiger partial charge in [-0.05, 0) is 31.9 Å². The Kier molecular flexibility index (Phi) is 3.97. The normalized spacial score (nSPS) is 19.4. The Hall–Kier alpha value is -1.42. The van der Waals surface area contributed by atoms with Gasteiger partial charge in [-0.1, -0.05) is 18.9 Å². The van der Waals surface area contributed by atoms with Crippen molar-refractivity contribution in [2.45, 2.75) is 44.2 Å². The SMILES string of the molecule is COC(=O)C(C)(NC1CCCC1)c1ccccn1. The van der Waals surface area contributed by atoms with Gasteiger partial charge < -0.3 is 4.74 Å². The van der Waals surface area contributed by atoms with Crippen LogP contribution in [0.5, 0.6) is 0 Å². The quantitative estimate of drug-likeness (QED) is 0.828. The Balaban J connectivity index is 2.25. The van der Waals surface area contributed by atoms with Gasteiger partial charge >= 0.3 is 5.97 Å². The molecule has 18 heavy (non-hydrogen) atoms. The molecule has 0 amide bonds. The van der Waals surface area contributed by atoms with Crippen molar-refractivity contribution >= 4 is 5.97 Å². The maximum Gasteiger partial charge on any atom is 0.332 e. The molecule has 0 spiro atoms. The lowest BCUT2D eigenvalue weighted by Gasteiger charge is -2.30. The Morgan fingerprint density at radius 3 is 2.72 bits per heavy atom. The van der Waals surface area contributed by atoms with Crippen LogP contribution in [-0.4, -0.2) is 24.1 Å². The van der Waals surface area contributed by atoms with Gasteiger partial charge in [-0.2, -0.15) is 0 Å². The zero-order valence-corrected chi connectivity index (χ0v) is 11.0. The van der Waals surface area contributed by atoms with Crippen LogP contribution < -0.4 is 5.32 Å². The summed E-state index contributed by atoms with van der Waals surface area (Å²) in [5.41, 5.74) is -0.144. The maximum atomic E-state index is 12.1. The lowest BCUT2D eigenvalue weighted by atomic mass is 9.95. The van der Waals surface area contributed by atoms with Crippen molar-refractivity contribution in [3.05, 3.63) is 30.1 Å². The van der Waals surface area contributed by atoms with E-state index >= 15 is 0 Å². The van der Waals surface area contributed by atoms with E-state index < -0.39 is 5.54 Å². The molecule has 4 nitrogen and oxygen atoms in total. The summed E-state index contributed by atoms with van der Waals surface area (Å²) in [7, 11) is 1.42. The lowest BCUT2D eigenvalue weighted by molar-refractivity contribution is -0.149. The van der Waals surface area contributed by atoms with E-state index in [2.05, 4.69) is 10.3 Å². The van der Waals surface area contributed by atoms with Crippen LogP contribution in [0.3, 0.4) is 0 Å². The summed E-state index contributed by atoms with van der Waals surface area (Å²) in [6.07, 6.45) is 6.36. The third-order valence-electron chi connectivity index (χ3n) is 3.62. The molecule has 1 aliphatic carbocycles. The molecule has 0 aliphatic heterocycles. The van der Waals surface area contributed by atoms with Gasteiger partial charge in [-0.25, -0.2) is 4.79 Å². The van der Waals surface area contributed by atoms with Crippen LogP contribution in [0.1, 0.15) is 38.3 Å². The number of methoxy groups -OCH3 is 1. The summed E-state index contributed by atoms with van der Waals surface area (Å²) >= 11 is 0. The van der Waals surface area contributed by atoms with E-state index in [1.54, 1.807) is 6.20 Å². The zero-order valence-electron chi connectivity index (χ0n) is 11.0. The lowest BCUT2D eigenvalue weighted by Crippen LogP contribution is -2.51. The number of nitrogens with one attached hydrogen (secondary N) is 1. The number of nitrogens with zero attached hydrogens (tertiary/aromatic N) is 1. The highest BCUT2D eigenvalue weighted by Gasteiger charge is 2.39. The Morgan fingerprint density at radius 2 is 2.17 bits per heavy atom. The van der Waals surface area contributed by atoms with Gasteiger partial charge in [0.2, 0.25) is 0 Å². The van der Waals surface area contributed by atoms with Crippen LogP contribution in [-0.2, 0) is 15.1 Å². The predicted molar refractivity (Wildman–Crippen MR) is 69.0 cm³/mol. The number of esters is 1. The Morgan fingerprint density at radius 1 is 1.44 bits per heavy atom. The highest BCUT2D eigenvalue weighted by Crippen LogP contribution is 2.26.